The molecule has 0 heterocycles. The minimum Gasteiger partial charge on any atom is -1.00 e. The summed E-state index contributed by atoms with van der Waals surface area (Å²) in [5.74, 6) is 0. The summed E-state index contributed by atoms with van der Waals surface area (Å²) >= 11 is 0. The monoisotopic (exact) mass is 219 g/mol. The molecule has 1 aliphatic carbocycles. The van der Waals surface area contributed by atoms with Crippen molar-refractivity contribution in [2.45, 2.75) is 38.1 Å². The predicted octanol–water partition coefficient (Wildman–Crippen LogP) is -2.17. The molecule has 0 amide bonds. The van der Waals surface area contributed by atoms with Crippen LogP contribution in [0.25, 0.3) is 0 Å². The first-order valence-electron chi connectivity index (χ1n) is 3.83. The van der Waals surface area contributed by atoms with Gasteiger partial charge in [-0.1, -0.05) is 19.3 Å². The van der Waals surface area contributed by atoms with E-state index < -0.39 is 10.3 Å². The van der Waals surface area contributed by atoms with Crippen LogP contribution in [-0.2, 0) is 10.3 Å². The van der Waals surface area contributed by atoms with E-state index in [2.05, 4.69) is 4.72 Å². The van der Waals surface area contributed by atoms with Crippen LogP contribution in [0.3, 0.4) is 0 Å². The Hall–Kier alpha value is 1.51. The van der Waals surface area contributed by atoms with Gasteiger partial charge in [0.05, 0.1) is 0 Å². The fraction of sp³-hybridized carbons (Fsp3) is 1.00. The Balaban J connectivity index is 0. The second-order valence-electron chi connectivity index (χ2n) is 2.93. The van der Waals surface area contributed by atoms with Crippen molar-refractivity contribution in [1.29, 1.82) is 0 Å². The van der Waals surface area contributed by atoms with E-state index in [9.17, 15) is 8.42 Å². The van der Waals surface area contributed by atoms with E-state index in [0.717, 1.165) is 25.7 Å². The van der Waals surface area contributed by atoms with Crippen molar-refractivity contribution in [3.8, 4) is 0 Å². The van der Waals surface area contributed by atoms with Gasteiger partial charge in [0.15, 0.2) is 0 Å². The van der Waals surface area contributed by atoms with Gasteiger partial charge in [0.25, 0.3) is 0 Å². The van der Waals surface area contributed by atoms with Crippen LogP contribution < -0.4 is 56.1 Å². The summed E-state index contributed by atoms with van der Waals surface area (Å²) in [6.07, 6.45) is 4.96. The van der Waals surface area contributed by atoms with Crippen LogP contribution >= 0.6 is 0 Å². The zero-order chi connectivity index (χ0) is 8.32. The summed E-state index contributed by atoms with van der Waals surface area (Å²) in [6.45, 7) is 0. The molecule has 0 bridgehead atoms. The van der Waals surface area contributed by atoms with Crippen molar-refractivity contribution >= 4 is 10.3 Å². The molecule has 1 saturated carbocycles. The number of rotatable bonds is 2. The average Bonchev–Trinajstić information content (AvgIpc) is 1.85. The van der Waals surface area contributed by atoms with Gasteiger partial charge >= 0.3 is 61.7 Å². The molecule has 0 aromatic heterocycles. The second kappa shape index (κ2) is 6.08. The summed E-state index contributed by atoms with van der Waals surface area (Å²) in [5.41, 5.74) is 0. The first-order chi connectivity index (χ1) is 5.08. The summed E-state index contributed by atoms with van der Waals surface area (Å²) in [5, 5.41) is 0. The van der Waals surface area contributed by atoms with Gasteiger partial charge in [-0.15, -0.1) is 0 Å². The molecule has 0 radical (unpaired) electrons. The van der Waals surface area contributed by atoms with Crippen LogP contribution in [0, 0.1) is 0 Å². The summed E-state index contributed by atoms with van der Waals surface area (Å²) in [7, 11) is -3.97. The first-order valence-corrected chi connectivity index (χ1v) is 5.27. The third-order valence-electron chi connectivity index (χ3n) is 1.92. The molecule has 2 N–H and O–H groups in total. The Bertz CT molecular complexity index is 216. The summed E-state index contributed by atoms with van der Waals surface area (Å²) < 4.78 is 31.3. The standard InChI is InChI=1S/C6H13NO3S.K.H/c8-11(9,10)7-6-4-2-1-3-5-6;;/h6-7H,1-5H2,(H,8,9,10);;/q;+1;-1. The van der Waals surface area contributed by atoms with Crippen molar-refractivity contribution in [2.24, 2.45) is 0 Å². The zero-order valence-electron chi connectivity index (χ0n) is 8.28. The molecular weight excluding hydrogens is 205 g/mol. The third-order valence-corrected chi connectivity index (χ3v) is 2.55. The fourth-order valence-corrected chi connectivity index (χ4v) is 2.09. The Kier molecular flexibility index (Phi) is 6.84. The molecule has 1 rings (SSSR count). The van der Waals surface area contributed by atoms with E-state index in [1.165, 1.54) is 6.42 Å². The number of hydrogen-bond donors (Lipinski definition) is 2. The van der Waals surface area contributed by atoms with Gasteiger partial charge in [-0.3, -0.25) is 4.55 Å². The molecule has 0 aromatic rings. The summed E-state index contributed by atoms with van der Waals surface area (Å²) in [4.78, 5) is 0. The van der Waals surface area contributed by atoms with Gasteiger partial charge in [0, 0.05) is 6.04 Å². The van der Waals surface area contributed by atoms with E-state index in [1.807, 2.05) is 0 Å². The Morgan fingerprint density at radius 2 is 1.75 bits per heavy atom. The van der Waals surface area contributed by atoms with E-state index in [4.69, 9.17) is 4.55 Å². The smallest absolute Gasteiger partial charge is 1.00 e. The van der Waals surface area contributed by atoms with Gasteiger partial charge in [0.2, 0.25) is 0 Å². The normalized spacial score (nSPS) is 20.1. The van der Waals surface area contributed by atoms with Gasteiger partial charge in [-0.25, -0.2) is 0 Å². The molecule has 6 heteroatoms. The molecule has 0 unspecified atom stereocenters. The topological polar surface area (TPSA) is 66.4 Å². The third kappa shape index (κ3) is 6.04. The maximum atomic E-state index is 10.3. The van der Waals surface area contributed by atoms with E-state index >= 15 is 0 Å². The molecule has 12 heavy (non-hydrogen) atoms. The van der Waals surface area contributed by atoms with Gasteiger partial charge in [-0.05, 0) is 12.8 Å². The Morgan fingerprint density at radius 3 is 2.17 bits per heavy atom. The van der Waals surface area contributed by atoms with Crippen LogP contribution in [-0.4, -0.2) is 19.0 Å². The van der Waals surface area contributed by atoms with Gasteiger partial charge < -0.3 is 1.43 Å². The maximum absolute atomic E-state index is 10.3. The van der Waals surface area contributed by atoms with Gasteiger partial charge in [-0.2, -0.15) is 13.1 Å². The molecule has 0 aliphatic heterocycles. The molecule has 4 nitrogen and oxygen atoms in total. The Morgan fingerprint density at radius 1 is 1.25 bits per heavy atom. The molecule has 0 spiro atoms. The van der Waals surface area contributed by atoms with E-state index in [1.54, 1.807) is 0 Å². The van der Waals surface area contributed by atoms with Crippen LogP contribution in [0.1, 0.15) is 33.5 Å². The second-order valence-corrected chi connectivity index (χ2v) is 4.11. The first kappa shape index (κ1) is 13.5. The van der Waals surface area contributed by atoms with Crippen molar-refractivity contribution < 1.29 is 65.8 Å². The molecule has 1 fully saturated rings. The fourth-order valence-electron chi connectivity index (χ4n) is 1.43. The van der Waals surface area contributed by atoms with Crippen LogP contribution in [0.15, 0.2) is 0 Å². The minimum absolute atomic E-state index is 0. The molecule has 0 atom stereocenters. The molecule has 0 saturated heterocycles. The molecule has 0 aromatic carbocycles. The zero-order valence-corrected chi connectivity index (χ0v) is 11.2. The van der Waals surface area contributed by atoms with E-state index in [-0.39, 0.29) is 58.9 Å². The van der Waals surface area contributed by atoms with Crippen LogP contribution in [0.5, 0.6) is 0 Å². The quantitative estimate of drug-likeness (QED) is 0.410. The molecule has 1 aliphatic rings. The van der Waals surface area contributed by atoms with Crippen molar-refractivity contribution in [1.82, 2.24) is 4.72 Å². The number of nitrogens with one attached hydrogen (secondary N) is 1. The van der Waals surface area contributed by atoms with Crippen molar-refractivity contribution in [3.63, 3.8) is 0 Å². The van der Waals surface area contributed by atoms with E-state index in [0.29, 0.717) is 0 Å². The van der Waals surface area contributed by atoms with Crippen molar-refractivity contribution in [2.75, 3.05) is 0 Å². The van der Waals surface area contributed by atoms with Crippen molar-refractivity contribution in [3.05, 3.63) is 0 Å². The van der Waals surface area contributed by atoms with Crippen LogP contribution in [0.2, 0.25) is 0 Å². The average molecular weight is 219 g/mol. The SMILES string of the molecule is O=S(=O)(O)NC1CCCCC1.[H-].[K+]. The molecule has 68 valence electrons. The van der Waals surface area contributed by atoms with Crippen LogP contribution in [0.4, 0.5) is 0 Å². The molecular formula is C6H14KNO3S. The van der Waals surface area contributed by atoms with Gasteiger partial charge in [0.1, 0.15) is 0 Å². The largest absolute Gasteiger partial charge is 1.00 e. The number of hydrogen-bond acceptors (Lipinski definition) is 2. The maximum Gasteiger partial charge on any atom is 1.00 e. The minimum atomic E-state index is -3.97. The Labute approximate surface area is 117 Å². The summed E-state index contributed by atoms with van der Waals surface area (Å²) in [6, 6.07) is -0.0428. The predicted molar refractivity (Wildman–Crippen MR) is 42.7 cm³/mol.